The third kappa shape index (κ3) is 4.11. The van der Waals surface area contributed by atoms with Gasteiger partial charge in [-0.05, 0) is 13.8 Å². The molecule has 2 heterocycles. The number of benzene rings is 1. The predicted molar refractivity (Wildman–Crippen MR) is 89.1 cm³/mol. The molecule has 1 amide bonds. The van der Waals surface area contributed by atoms with E-state index in [0.717, 1.165) is 5.56 Å². The molecule has 0 saturated carbocycles. The molecule has 0 aliphatic carbocycles. The Balaban J connectivity index is 1.56. The molecule has 7 heteroatoms. The summed E-state index contributed by atoms with van der Waals surface area (Å²) in [5.74, 6) is 1.16. The zero-order valence-electron chi connectivity index (χ0n) is 13.2. The molecule has 0 spiro atoms. The smallest absolute Gasteiger partial charge is 0.233 e. The summed E-state index contributed by atoms with van der Waals surface area (Å²) in [6.07, 6.45) is 0.168. The highest BCUT2D eigenvalue weighted by molar-refractivity contribution is 7.99. The molecule has 2 atom stereocenters. The molecule has 6 nitrogen and oxygen atoms in total. The zero-order chi connectivity index (χ0) is 16.2. The molecule has 3 rings (SSSR count). The molecule has 23 heavy (non-hydrogen) atoms. The lowest BCUT2D eigenvalue weighted by Gasteiger charge is -2.35. The highest BCUT2D eigenvalue weighted by Crippen LogP contribution is 2.20. The number of H-pyrrole nitrogens is 1. The van der Waals surface area contributed by atoms with Crippen molar-refractivity contribution in [1.82, 2.24) is 20.1 Å². The average molecular weight is 332 g/mol. The van der Waals surface area contributed by atoms with Crippen molar-refractivity contribution in [2.75, 3.05) is 18.8 Å². The van der Waals surface area contributed by atoms with Crippen molar-refractivity contribution in [2.24, 2.45) is 0 Å². The van der Waals surface area contributed by atoms with Gasteiger partial charge in [-0.15, -0.1) is 5.10 Å². The molecule has 0 radical (unpaired) electrons. The fourth-order valence-electron chi connectivity index (χ4n) is 2.64. The molecule has 1 saturated heterocycles. The van der Waals surface area contributed by atoms with Gasteiger partial charge in [-0.3, -0.25) is 9.89 Å². The van der Waals surface area contributed by atoms with E-state index in [1.54, 1.807) is 0 Å². The number of aromatic nitrogens is 3. The molecule has 0 unspecified atom stereocenters. The predicted octanol–water partition coefficient (Wildman–Crippen LogP) is 2.20. The fraction of sp³-hybridized carbons (Fsp3) is 0.438. The maximum atomic E-state index is 12.3. The van der Waals surface area contributed by atoms with Gasteiger partial charge in [0.25, 0.3) is 0 Å². The summed E-state index contributed by atoms with van der Waals surface area (Å²) >= 11 is 1.35. The van der Waals surface area contributed by atoms with Gasteiger partial charge in [-0.25, -0.2) is 4.98 Å². The van der Waals surface area contributed by atoms with E-state index in [1.165, 1.54) is 11.8 Å². The Hall–Kier alpha value is -1.86. The second-order valence-electron chi connectivity index (χ2n) is 5.68. The van der Waals surface area contributed by atoms with Gasteiger partial charge in [-0.2, -0.15) is 0 Å². The molecule has 122 valence electrons. The number of aromatic amines is 1. The van der Waals surface area contributed by atoms with Gasteiger partial charge in [0.2, 0.25) is 11.1 Å². The molecule has 0 bridgehead atoms. The highest BCUT2D eigenvalue weighted by atomic mass is 32.2. The number of morpholine rings is 1. The van der Waals surface area contributed by atoms with Crippen molar-refractivity contribution in [1.29, 1.82) is 0 Å². The zero-order valence-corrected chi connectivity index (χ0v) is 14.0. The van der Waals surface area contributed by atoms with Gasteiger partial charge in [0, 0.05) is 18.7 Å². The van der Waals surface area contributed by atoms with Crippen molar-refractivity contribution in [3.63, 3.8) is 0 Å². The first-order valence-electron chi connectivity index (χ1n) is 7.65. The lowest BCUT2D eigenvalue weighted by atomic mass is 10.2. The van der Waals surface area contributed by atoms with Crippen LogP contribution < -0.4 is 0 Å². The van der Waals surface area contributed by atoms with Crippen molar-refractivity contribution in [2.45, 2.75) is 31.2 Å². The van der Waals surface area contributed by atoms with Crippen LogP contribution in [0.25, 0.3) is 11.4 Å². The quantitative estimate of drug-likeness (QED) is 0.869. The van der Waals surface area contributed by atoms with Crippen molar-refractivity contribution in [3.05, 3.63) is 30.3 Å². The van der Waals surface area contributed by atoms with Crippen molar-refractivity contribution < 1.29 is 9.53 Å². The molecule has 1 aromatic carbocycles. The lowest BCUT2D eigenvalue weighted by Crippen LogP contribution is -2.48. The molecule has 1 fully saturated rings. The Kier molecular flexibility index (Phi) is 4.97. The van der Waals surface area contributed by atoms with Crippen LogP contribution in [0.3, 0.4) is 0 Å². The number of carbonyl (C=O) groups excluding carboxylic acids is 1. The van der Waals surface area contributed by atoms with E-state index in [2.05, 4.69) is 15.2 Å². The van der Waals surface area contributed by atoms with Crippen LogP contribution in [-0.2, 0) is 9.53 Å². The van der Waals surface area contributed by atoms with Crippen molar-refractivity contribution >= 4 is 17.7 Å². The second-order valence-corrected chi connectivity index (χ2v) is 6.62. The maximum absolute atomic E-state index is 12.3. The van der Waals surface area contributed by atoms with Crippen LogP contribution in [0, 0.1) is 0 Å². The summed E-state index contributed by atoms with van der Waals surface area (Å²) in [7, 11) is 0. The van der Waals surface area contributed by atoms with Gasteiger partial charge in [0.1, 0.15) is 0 Å². The molecule has 2 aromatic rings. The Labute approximate surface area is 139 Å². The minimum atomic E-state index is 0.0842. The minimum absolute atomic E-state index is 0.0842. The van der Waals surface area contributed by atoms with E-state index in [4.69, 9.17) is 4.74 Å². The summed E-state index contributed by atoms with van der Waals surface area (Å²) in [4.78, 5) is 18.6. The summed E-state index contributed by atoms with van der Waals surface area (Å²) in [5, 5.41) is 7.67. The van der Waals surface area contributed by atoms with Crippen LogP contribution in [0.2, 0.25) is 0 Å². The summed E-state index contributed by atoms with van der Waals surface area (Å²) in [6.45, 7) is 5.27. The molecule has 1 aromatic heterocycles. The number of thioether (sulfide) groups is 1. The van der Waals surface area contributed by atoms with E-state index in [-0.39, 0.29) is 18.1 Å². The van der Waals surface area contributed by atoms with Crippen LogP contribution in [0.4, 0.5) is 0 Å². The number of rotatable bonds is 4. The first kappa shape index (κ1) is 16.0. The summed E-state index contributed by atoms with van der Waals surface area (Å²) in [5.41, 5.74) is 0.981. The van der Waals surface area contributed by atoms with Crippen molar-refractivity contribution in [3.8, 4) is 11.4 Å². The second kappa shape index (κ2) is 7.14. The molecule has 1 aliphatic rings. The Morgan fingerprint density at radius 3 is 2.70 bits per heavy atom. The summed E-state index contributed by atoms with van der Waals surface area (Å²) in [6, 6.07) is 9.80. The van der Waals surface area contributed by atoms with Crippen LogP contribution >= 0.6 is 11.8 Å². The van der Waals surface area contributed by atoms with E-state index in [9.17, 15) is 4.79 Å². The largest absolute Gasteiger partial charge is 0.372 e. The topological polar surface area (TPSA) is 71.1 Å². The number of carbonyl (C=O) groups is 1. The van der Waals surface area contributed by atoms with E-state index < -0.39 is 0 Å². The highest BCUT2D eigenvalue weighted by Gasteiger charge is 2.25. The Morgan fingerprint density at radius 1 is 1.30 bits per heavy atom. The summed E-state index contributed by atoms with van der Waals surface area (Å²) < 4.78 is 5.65. The molecular formula is C16H20N4O2S. The lowest BCUT2D eigenvalue weighted by molar-refractivity contribution is -0.140. The maximum Gasteiger partial charge on any atom is 0.233 e. The van der Waals surface area contributed by atoms with Gasteiger partial charge >= 0.3 is 0 Å². The standard InChI is InChI=1S/C16H20N4O2S/c1-11-8-20(9-12(2)22-11)14(21)10-23-16-17-15(18-19-16)13-6-4-3-5-7-13/h3-7,11-12H,8-10H2,1-2H3,(H,17,18,19)/t11-,12-/m0/s1. The average Bonchev–Trinajstić information content (AvgIpc) is 3.01. The van der Waals surface area contributed by atoms with Crippen LogP contribution in [0.15, 0.2) is 35.5 Å². The van der Waals surface area contributed by atoms with E-state index >= 15 is 0 Å². The van der Waals surface area contributed by atoms with E-state index in [0.29, 0.717) is 29.8 Å². The van der Waals surface area contributed by atoms with E-state index in [1.807, 2.05) is 49.1 Å². The van der Waals surface area contributed by atoms with Gasteiger partial charge < -0.3 is 9.64 Å². The van der Waals surface area contributed by atoms with Crippen LogP contribution in [-0.4, -0.2) is 57.0 Å². The Bertz CT molecular complexity index is 651. The van der Waals surface area contributed by atoms with Crippen LogP contribution in [0.1, 0.15) is 13.8 Å². The van der Waals surface area contributed by atoms with Gasteiger partial charge in [0.05, 0.1) is 18.0 Å². The number of amides is 1. The van der Waals surface area contributed by atoms with Crippen LogP contribution in [0.5, 0.6) is 0 Å². The number of nitrogens with one attached hydrogen (secondary N) is 1. The number of nitrogens with zero attached hydrogens (tertiary/aromatic N) is 3. The van der Waals surface area contributed by atoms with Gasteiger partial charge in [0.15, 0.2) is 5.82 Å². The first-order valence-corrected chi connectivity index (χ1v) is 8.64. The third-order valence-electron chi connectivity index (χ3n) is 3.61. The number of hydrogen-bond donors (Lipinski definition) is 1. The normalized spacial score (nSPS) is 21.4. The molecule has 1 N–H and O–H groups in total. The molecular weight excluding hydrogens is 312 g/mol. The number of hydrogen-bond acceptors (Lipinski definition) is 5. The first-order chi connectivity index (χ1) is 11.1. The third-order valence-corrected chi connectivity index (χ3v) is 4.44. The minimum Gasteiger partial charge on any atom is -0.372 e. The Morgan fingerprint density at radius 2 is 2.00 bits per heavy atom. The van der Waals surface area contributed by atoms with Gasteiger partial charge in [-0.1, -0.05) is 42.1 Å². The SMILES string of the molecule is C[C@H]1CN(C(=O)CSc2n[nH]c(-c3ccccc3)n2)C[C@H](C)O1. The molecule has 1 aliphatic heterocycles. The number of ether oxygens (including phenoxy) is 1. The monoisotopic (exact) mass is 332 g/mol. The fourth-order valence-corrected chi connectivity index (χ4v) is 3.34.